The molecule has 32 heavy (non-hydrogen) atoms. The van der Waals surface area contributed by atoms with Crippen LogP contribution in [0.5, 0.6) is 0 Å². The molecule has 7 nitrogen and oxygen atoms in total. The highest BCUT2D eigenvalue weighted by Crippen LogP contribution is 2.26. The van der Waals surface area contributed by atoms with E-state index in [1.165, 1.54) is 18.5 Å². The zero-order chi connectivity index (χ0) is 22.2. The molecule has 1 aliphatic heterocycles. The van der Waals surface area contributed by atoms with Gasteiger partial charge in [0.1, 0.15) is 0 Å². The minimum Gasteiger partial charge on any atom is -0.462 e. The molecule has 0 atom stereocenters. The Bertz CT molecular complexity index is 1080. The van der Waals surface area contributed by atoms with Crippen molar-refractivity contribution in [1.82, 2.24) is 0 Å². The molecule has 0 spiro atoms. The third-order valence-corrected chi connectivity index (χ3v) is 5.11. The molecule has 0 radical (unpaired) electrons. The second kappa shape index (κ2) is 10.4. The lowest BCUT2D eigenvalue weighted by molar-refractivity contribution is 0.0526. The van der Waals surface area contributed by atoms with Crippen molar-refractivity contribution in [3.05, 3.63) is 78.4 Å². The van der Waals surface area contributed by atoms with Crippen molar-refractivity contribution in [2.45, 2.75) is 19.8 Å². The Kier molecular flexibility index (Phi) is 6.97. The van der Waals surface area contributed by atoms with Crippen LogP contribution in [0.4, 0.5) is 28.4 Å². The third-order valence-electron chi connectivity index (χ3n) is 5.11. The number of hydrogen-bond acceptors (Lipinski definition) is 7. The average molecular weight is 428 g/mol. The van der Waals surface area contributed by atoms with Crippen molar-refractivity contribution in [3.8, 4) is 0 Å². The van der Waals surface area contributed by atoms with Gasteiger partial charge < -0.3 is 9.64 Å². The Balaban J connectivity index is 1.34. The van der Waals surface area contributed by atoms with Crippen LogP contribution in [-0.2, 0) is 4.74 Å². The molecule has 1 heterocycles. The van der Waals surface area contributed by atoms with Gasteiger partial charge in [-0.05, 0) is 92.6 Å². The fourth-order valence-electron chi connectivity index (χ4n) is 3.40. The number of azo groups is 2. The lowest BCUT2D eigenvalue weighted by Crippen LogP contribution is -2.17. The van der Waals surface area contributed by atoms with Gasteiger partial charge in [0, 0.05) is 18.8 Å². The zero-order valence-corrected chi connectivity index (χ0v) is 18.0. The molecule has 3 aromatic carbocycles. The van der Waals surface area contributed by atoms with Crippen molar-refractivity contribution >= 4 is 34.4 Å². The van der Waals surface area contributed by atoms with E-state index in [1.807, 2.05) is 36.4 Å². The van der Waals surface area contributed by atoms with E-state index in [0.717, 1.165) is 24.5 Å². The molecule has 7 heteroatoms. The van der Waals surface area contributed by atoms with Gasteiger partial charge in [0.05, 0.1) is 34.9 Å². The number of hydrogen-bond donors (Lipinski definition) is 0. The SMILES string of the molecule is CCOC(=O)c1ccc(N=Nc2ccc(N=Nc3ccc(N4CCCC4)cc3)cc2)cc1. The van der Waals surface area contributed by atoms with Gasteiger partial charge in [-0.3, -0.25) is 0 Å². The molecule has 0 amide bonds. The van der Waals surface area contributed by atoms with Gasteiger partial charge in [-0.1, -0.05) is 0 Å². The van der Waals surface area contributed by atoms with E-state index < -0.39 is 0 Å². The summed E-state index contributed by atoms with van der Waals surface area (Å²) in [5, 5.41) is 17.0. The summed E-state index contributed by atoms with van der Waals surface area (Å²) in [5.41, 5.74) is 4.65. The Morgan fingerprint density at radius 2 is 1.12 bits per heavy atom. The maximum atomic E-state index is 11.7. The minimum absolute atomic E-state index is 0.344. The maximum Gasteiger partial charge on any atom is 0.338 e. The van der Waals surface area contributed by atoms with Gasteiger partial charge in [-0.2, -0.15) is 20.5 Å². The van der Waals surface area contributed by atoms with Crippen molar-refractivity contribution in [1.29, 1.82) is 0 Å². The molecule has 0 aromatic heterocycles. The summed E-state index contributed by atoms with van der Waals surface area (Å²) < 4.78 is 4.97. The van der Waals surface area contributed by atoms with E-state index in [4.69, 9.17) is 4.74 Å². The third kappa shape index (κ3) is 5.63. The van der Waals surface area contributed by atoms with E-state index in [0.29, 0.717) is 23.5 Å². The van der Waals surface area contributed by atoms with Crippen LogP contribution < -0.4 is 4.90 Å². The van der Waals surface area contributed by atoms with Crippen molar-refractivity contribution in [2.24, 2.45) is 20.5 Å². The van der Waals surface area contributed by atoms with E-state index in [2.05, 4.69) is 37.5 Å². The number of benzene rings is 3. The first-order valence-electron chi connectivity index (χ1n) is 10.8. The Hall–Kier alpha value is -3.87. The van der Waals surface area contributed by atoms with Crippen LogP contribution in [0.25, 0.3) is 0 Å². The smallest absolute Gasteiger partial charge is 0.338 e. The minimum atomic E-state index is -0.344. The summed E-state index contributed by atoms with van der Waals surface area (Å²) in [4.78, 5) is 14.1. The fraction of sp³-hybridized carbons (Fsp3) is 0.240. The van der Waals surface area contributed by atoms with Gasteiger partial charge >= 0.3 is 5.97 Å². The molecular formula is C25H25N5O2. The van der Waals surface area contributed by atoms with Crippen LogP contribution in [0.1, 0.15) is 30.1 Å². The molecule has 0 aliphatic carbocycles. The van der Waals surface area contributed by atoms with Gasteiger partial charge in [0.15, 0.2) is 0 Å². The molecule has 0 unspecified atom stereocenters. The molecule has 0 N–H and O–H groups in total. The molecule has 0 bridgehead atoms. The lowest BCUT2D eigenvalue weighted by atomic mass is 10.2. The van der Waals surface area contributed by atoms with Crippen molar-refractivity contribution in [2.75, 3.05) is 24.6 Å². The van der Waals surface area contributed by atoms with Crippen molar-refractivity contribution in [3.63, 3.8) is 0 Å². The normalized spacial score (nSPS) is 13.8. The fourth-order valence-corrected chi connectivity index (χ4v) is 3.40. The van der Waals surface area contributed by atoms with Crippen LogP contribution >= 0.6 is 0 Å². The molecule has 1 fully saturated rings. The van der Waals surface area contributed by atoms with E-state index in [9.17, 15) is 4.79 Å². The van der Waals surface area contributed by atoms with Crippen molar-refractivity contribution < 1.29 is 9.53 Å². The Morgan fingerprint density at radius 1 is 0.719 bits per heavy atom. The molecular weight excluding hydrogens is 402 g/mol. The summed E-state index contributed by atoms with van der Waals surface area (Å²) in [6, 6.07) is 22.4. The molecule has 4 rings (SSSR count). The number of carbonyl (C=O) groups is 1. The molecule has 1 aliphatic rings. The lowest BCUT2D eigenvalue weighted by Gasteiger charge is -2.17. The number of ether oxygens (including phenoxy) is 1. The van der Waals surface area contributed by atoms with Crippen LogP contribution in [0.15, 0.2) is 93.3 Å². The molecule has 1 saturated heterocycles. The molecule has 3 aromatic rings. The Morgan fingerprint density at radius 3 is 1.56 bits per heavy atom. The summed E-state index contributed by atoms with van der Waals surface area (Å²) in [7, 11) is 0. The number of carbonyl (C=O) groups excluding carboxylic acids is 1. The highest BCUT2D eigenvalue weighted by atomic mass is 16.5. The number of esters is 1. The second-order valence-electron chi connectivity index (χ2n) is 7.39. The predicted molar refractivity (Wildman–Crippen MR) is 125 cm³/mol. The topological polar surface area (TPSA) is 79.0 Å². The van der Waals surface area contributed by atoms with Gasteiger partial charge in [-0.25, -0.2) is 4.79 Å². The largest absolute Gasteiger partial charge is 0.462 e. The van der Waals surface area contributed by atoms with Gasteiger partial charge in [0.25, 0.3) is 0 Å². The molecule has 0 saturated carbocycles. The first-order chi connectivity index (χ1) is 15.7. The monoisotopic (exact) mass is 427 g/mol. The van der Waals surface area contributed by atoms with E-state index in [1.54, 1.807) is 31.2 Å². The van der Waals surface area contributed by atoms with E-state index in [-0.39, 0.29) is 5.97 Å². The van der Waals surface area contributed by atoms with Crippen LogP contribution in [0.3, 0.4) is 0 Å². The summed E-state index contributed by atoms with van der Waals surface area (Å²) >= 11 is 0. The van der Waals surface area contributed by atoms with Gasteiger partial charge in [0.2, 0.25) is 0 Å². The summed E-state index contributed by atoms with van der Waals surface area (Å²) in [5.74, 6) is -0.344. The first kappa shape index (κ1) is 21.4. The van der Waals surface area contributed by atoms with Crippen LogP contribution in [0.2, 0.25) is 0 Å². The first-order valence-corrected chi connectivity index (χ1v) is 10.8. The highest BCUT2D eigenvalue weighted by molar-refractivity contribution is 5.89. The number of nitrogens with zero attached hydrogens (tertiary/aromatic N) is 5. The predicted octanol–water partition coefficient (Wildman–Crippen LogP) is 7.29. The average Bonchev–Trinajstić information content (AvgIpc) is 3.38. The van der Waals surface area contributed by atoms with Crippen LogP contribution in [0, 0.1) is 0 Å². The standard InChI is InChI=1S/C25H25N5O2/c1-2-32-25(31)19-5-7-20(8-6-19)26-27-21-9-11-22(12-10-21)28-29-23-13-15-24(16-14-23)30-17-3-4-18-30/h5-16H,2-4,17-18H2,1H3. The number of rotatable bonds is 7. The van der Waals surface area contributed by atoms with Gasteiger partial charge in [-0.15, -0.1) is 0 Å². The quantitative estimate of drug-likeness (QED) is 0.293. The molecule has 162 valence electrons. The number of anilines is 1. The Labute approximate surface area is 187 Å². The van der Waals surface area contributed by atoms with Crippen LogP contribution in [-0.4, -0.2) is 25.7 Å². The second-order valence-corrected chi connectivity index (χ2v) is 7.39. The summed E-state index contributed by atoms with van der Waals surface area (Å²) in [6.07, 6.45) is 2.53. The maximum absolute atomic E-state index is 11.7. The highest BCUT2D eigenvalue weighted by Gasteiger charge is 2.11. The van der Waals surface area contributed by atoms with E-state index >= 15 is 0 Å². The zero-order valence-electron chi connectivity index (χ0n) is 18.0. The summed E-state index contributed by atoms with van der Waals surface area (Å²) in [6.45, 7) is 4.38.